The highest BCUT2D eigenvalue weighted by molar-refractivity contribution is 5.92. The molecule has 2 aromatic rings. The molecule has 0 saturated carbocycles. The molecule has 0 amide bonds. The Hall–Kier alpha value is -3.21. The summed E-state index contributed by atoms with van der Waals surface area (Å²) < 4.78 is 21.7. The maximum Gasteiger partial charge on any atom is 0.337 e. The van der Waals surface area contributed by atoms with Gasteiger partial charge in [0.15, 0.2) is 5.82 Å². The van der Waals surface area contributed by atoms with Gasteiger partial charge in [0.25, 0.3) is 0 Å². The summed E-state index contributed by atoms with van der Waals surface area (Å²) in [6.45, 7) is 7.72. The fourth-order valence-corrected chi connectivity index (χ4v) is 3.77. The predicted molar refractivity (Wildman–Crippen MR) is 129 cm³/mol. The van der Waals surface area contributed by atoms with Crippen LogP contribution in [0, 0.1) is 0 Å². The minimum absolute atomic E-state index is 0.387. The monoisotopic (exact) mass is 469 g/mol. The van der Waals surface area contributed by atoms with E-state index in [4.69, 9.17) is 18.9 Å². The van der Waals surface area contributed by atoms with Gasteiger partial charge in [-0.25, -0.2) is 4.79 Å². The summed E-state index contributed by atoms with van der Waals surface area (Å²) in [5, 5.41) is 4.31. The smallest absolute Gasteiger partial charge is 0.337 e. The Morgan fingerprint density at radius 2 is 1.88 bits per heavy atom. The topological polar surface area (TPSA) is 97.8 Å². The number of carbonyl (C=O) groups excluding carboxylic acids is 1. The fraction of sp³-hybridized carbons (Fsp3) is 0.458. The molecule has 2 fully saturated rings. The highest BCUT2D eigenvalue weighted by Crippen LogP contribution is 2.25. The lowest BCUT2D eigenvalue weighted by molar-refractivity contribution is 0.0320. The normalized spacial score (nSPS) is 17.0. The summed E-state index contributed by atoms with van der Waals surface area (Å²) in [7, 11) is 1.36. The standard InChI is InChI=1S/C24H31N5O5/c1-31-24(30)20-4-2-3-19(15-20)18-25-27-22-16-21(29-8-12-33-13-9-29)17-23(26-22)34-14-7-28-5-10-32-11-6-28/h2-4,15-18H,5-14H2,1H3,(H,26,27)/b25-18+. The third kappa shape index (κ3) is 6.89. The third-order valence-corrected chi connectivity index (χ3v) is 5.62. The first kappa shape index (κ1) is 23.9. The number of hydrogen-bond donors (Lipinski definition) is 1. The number of pyridine rings is 1. The first-order valence-corrected chi connectivity index (χ1v) is 11.5. The lowest BCUT2D eigenvalue weighted by Crippen LogP contribution is -2.38. The molecule has 1 aromatic heterocycles. The maximum atomic E-state index is 11.7. The van der Waals surface area contributed by atoms with E-state index in [0.717, 1.165) is 57.2 Å². The molecule has 0 aliphatic carbocycles. The van der Waals surface area contributed by atoms with Crippen molar-refractivity contribution in [2.75, 3.05) is 83.2 Å². The van der Waals surface area contributed by atoms with Gasteiger partial charge >= 0.3 is 5.97 Å². The number of hydrogen-bond acceptors (Lipinski definition) is 10. The van der Waals surface area contributed by atoms with Gasteiger partial charge in [-0.15, -0.1) is 0 Å². The summed E-state index contributed by atoms with van der Waals surface area (Å²) in [5.41, 5.74) is 5.23. The number of nitrogens with one attached hydrogen (secondary N) is 1. The Morgan fingerprint density at radius 1 is 1.12 bits per heavy atom. The van der Waals surface area contributed by atoms with Crippen LogP contribution >= 0.6 is 0 Å². The molecule has 10 heteroatoms. The number of esters is 1. The van der Waals surface area contributed by atoms with E-state index < -0.39 is 0 Å². The van der Waals surface area contributed by atoms with Crippen LogP contribution in [0.4, 0.5) is 11.5 Å². The largest absolute Gasteiger partial charge is 0.476 e. The van der Waals surface area contributed by atoms with Gasteiger partial charge in [0.2, 0.25) is 5.88 Å². The Kier molecular flexibility index (Phi) is 8.66. The summed E-state index contributed by atoms with van der Waals surface area (Å²) in [5.74, 6) is 0.732. The highest BCUT2D eigenvalue weighted by atomic mass is 16.5. The van der Waals surface area contributed by atoms with E-state index in [-0.39, 0.29) is 5.97 Å². The van der Waals surface area contributed by atoms with Crippen molar-refractivity contribution in [3.05, 3.63) is 47.5 Å². The molecular formula is C24H31N5O5. The predicted octanol–water partition coefficient (Wildman–Crippen LogP) is 1.86. The first-order valence-electron chi connectivity index (χ1n) is 11.5. The molecule has 2 aliphatic rings. The van der Waals surface area contributed by atoms with Crippen molar-refractivity contribution in [2.24, 2.45) is 5.10 Å². The minimum atomic E-state index is -0.387. The molecule has 1 N–H and O–H groups in total. The number of aromatic nitrogens is 1. The molecule has 0 unspecified atom stereocenters. The van der Waals surface area contributed by atoms with Gasteiger partial charge in [0.05, 0.1) is 45.3 Å². The SMILES string of the molecule is COC(=O)c1cccc(/C=N/Nc2cc(N3CCOCC3)cc(OCCN3CCOCC3)n2)c1. The number of carbonyl (C=O) groups is 1. The first-order chi connectivity index (χ1) is 16.7. The van der Waals surface area contributed by atoms with Gasteiger partial charge in [0.1, 0.15) is 6.61 Å². The number of anilines is 2. The quantitative estimate of drug-likeness (QED) is 0.335. The van der Waals surface area contributed by atoms with Crippen molar-refractivity contribution in [3.8, 4) is 5.88 Å². The summed E-state index contributed by atoms with van der Waals surface area (Å²) in [6, 6.07) is 11.0. The third-order valence-electron chi connectivity index (χ3n) is 5.62. The van der Waals surface area contributed by atoms with Crippen LogP contribution < -0.4 is 15.1 Å². The van der Waals surface area contributed by atoms with Crippen molar-refractivity contribution in [3.63, 3.8) is 0 Å². The van der Waals surface area contributed by atoms with E-state index in [1.165, 1.54) is 7.11 Å². The lowest BCUT2D eigenvalue weighted by atomic mass is 10.1. The molecule has 1 aromatic carbocycles. The average Bonchev–Trinajstić information content (AvgIpc) is 2.89. The molecule has 2 saturated heterocycles. The number of morpholine rings is 2. The van der Waals surface area contributed by atoms with E-state index in [0.29, 0.717) is 37.1 Å². The molecule has 4 rings (SSSR count). The van der Waals surface area contributed by atoms with Crippen LogP contribution in [0.25, 0.3) is 0 Å². The number of ether oxygens (including phenoxy) is 4. The van der Waals surface area contributed by atoms with Gasteiger partial charge in [-0.3, -0.25) is 10.3 Å². The Bertz CT molecular complexity index is 974. The van der Waals surface area contributed by atoms with E-state index in [9.17, 15) is 4.79 Å². The molecule has 3 heterocycles. The second kappa shape index (κ2) is 12.3. The second-order valence-corrected chi connectivity index (χ2v) is 7.94. The number of rotatable bonds is 9. The van der Waals surface area contributed by atoms with Crippen molar-refractivity contribution in [2.45, 2.75) is 0 Å². The van der Waals surface area contributed by atoms with Crippen LogP contribution in [-0.4, -0.2) is 94.9 Å². The van der Waals surface area contributed by atoms with Crippen molar-refractivity contribution >= 4 is 23.7 Å². The molecule has 0 atom stereocenters. The zero-order valence-electron chi connectivity index (χ0n) is 19.4. The molecular weight excluding hydrogens is 438 g/mol. The van der Waals surface area contributed by atoms with Gasteiger partial charge in [-0.05, 0) is 17.7 Å². The van der Waals surface area contributed by atoms with Gasteiger partial charge in [0, 0.05) is 50.5 Å². The van der Waals surface area contributed by atoms with Crippen LogP contribution in [0.5, 0.6) is 5.88 Å². The number of methoxy groups -OCH3 is 1. The Morgan fingerprint density at radius 3 is 2.65 bits per heavy atom. The van der Waals surface area contributed by atoms with Crippen LogP contribution in [0.15, 0.2) is 41.5 Å². The van der Waals surface area contributed by atoms with Crippen molar-refractivity contribution in [1.29, 1.82) is 0 Å². The second-order valence-electron chi connectivity index (χ2n) is 7.94. The average molecular weight is 470 g/mol. The molecule has 2 aliphatic heterocycles. The van der Waals surface area contributed by atoms with Crippen molar-refractivity contribution in [1.82, 2.24) is 9.88 Å². The molecule has 0 bridgehead atoms. The minimum Gasteiger partial charge on any atom is -0.476 e. The summed E-state index contributed by atoms with van der Waals surface area (Å²) >= 11 is 0. The molecule has 0 radical (unpaired) electrons. The zero-order valence-corrected chi connectivity index (χ0v) is 19.4. The Labute approximate surface area is 199 Å². The zero-order chi connectivity index (χ0) is 23.6. The van der Waals surface area contributed by atoms with Crippen molar-refractivity contribution < 1.29 is 23.7 Å². The summed E-state index contributed by atoms with van der Waals surface area (Å²) in [4.78, 5) is 20.9. The highest BCUT2D eigenvalue weighted by Gasteiger charge is 2.15. The molecule has 182 valence electrons. The van der Waals surface area contributed by atoms with E-state index in [1.54, 1.807) is 24.4 Å². The maximum absolute atomic E-state index is 11.7. The number of benzene rings is 1. The lowest BCUT2D eigenvalue weighted by Gasteiger charge is -2.29. The van der Waals surface area contributed by atoms with Gasteiger partial charge in [-0.1, -0.05) is 12.1 Å². The number of hydrazone groups is 1. The summed E-state index contributed by atoms with van der Waals surface area (Å²) in [6.07, 6.45) is 1.63. The van der Waals surface area contributed by atoms with Crippen LogP contribution in [-0.2, 0) is 14.2 Å². The van der Waals surface area contributed by atoms with Crippen LogP contribution in [0.1, 0.15) is 15.9 Å². The molecule has 10 nitrogen and oxygen atoms in total. The van der Waals surface area contributed by atoms with Crippen LogP contribution in [0.3, 0.4) is 0 Å². The van der Waals surface area contributed by atoms with E-state index >= 15 is 0 Å². The Balaban J connectivity index is 1.43. The van der Waals surface area contributed by atoms with E-state index in [1.807, 2.05) is 18.2 Å². The number of nitrogens with zero attached hydrogens (tertiary/aromatic N) is 4. The van der Waals surface area contributed by atoms with Crippen LogP contribution in [0.2, 0.25) is 0 Å². The van der Waals surface area contributed by atoms with Gasteiger partial charge < -0.3 is 23.8 Å². The fourth-order valence-electron chi connectivity index (χ4n) is 3.77. The van der Waals surface area contributed by atoms with E-state index in [2.05, 4.69) is 25.3 Å². The van der Waals surface area contributed by atoms with Gasteiger partial charge in [-0.2, -0.15) is 10.1 Å². The molecule has 0 spiro atoms. The molecule has 34 heavy (non-hydrogen) atoms.